The van der Waals surface area contributed by atoms with E-state index in [-0.39, 0.29) is 5.69 Å². The van der Waals surface area contributed by atoms with Crippen molar-refractivity contribution < 1.29 is 4.92 Å². The van der Waals surface area contributed by atoms with Gasteiger partial charge in [0.1, 0.15) is 5.69 Å². The summed E-state index contributed by atoms with van der Waals surface area (Å²) in [5, 5.41) is 14.4. The van der Waals surface area contributed by atoms with Crippen LogP contribution in [0.3, 0.4) is 0 Å². The Morgan fingerprint density at radius 2 is 2.05 bits per heavy atom. The number of anilines is 1. The van der Waals surface area contributed by atoms with Crippen LogP contribution in [-0.2, 0) is 6.54 Å². The van der Waals surface area contributed by atoms with Gasteiger partial charge in [-0.3, -0.25) is 10.1 Å². The van der Waals surface area contributed by atoms with Gasteiger partial charge in [0.05, 0.1) is 4.92 Å². The summed E-state index contributed by atoms with van der Waals surface area (Å²) in [6, 6.07) is 12.2. The topological polar surface area (TPSA) is 55.2 Å². The Labute approximate surface area is 123 Å². The highest BCUT2D eigenvalue weighted by Gasteiger charge is 2.13. The molecule has 19 heavy (non-hydrogen) atoms. The first kappa shape index (κ1) is 13.8. The Morgan fingerprint density at radius 1 is 1.26 bits per heavy atom. The van der Waals surface area contributed by atoms with Gasteiger partial charge in [-0.05, 0) is 29.8 Å². The maximum Gasteiger partial charge on any atom is 0.292 e. The molecule has 0 saturated carbocycles. The maximum absolute atomic E-state index is 10.9. The second-order valence-corrected chi connectivity index (χ2v) is 5.25. The summed E-state index contributed by atoms with van der Waals surface area (Å²) in [7, 11) is 0. The number of halogens is 2. The van der Waals surface area contributed by atoms with Crippen molar-refractivity contribution in [2.24, 2.45) is 0 Å². The molecule has 2 rings (SSSR count). The van der Waals surface area contributed by atoms with Crippen LogP contribution in [-0.4, -0.2) is 4.92 Å². The molecule has 0 spiro atoms. The number of nitro groups is 1. The Morgan fingerprint density at radius 3 is 2.74 bits per heavy atom. The maximum atomic E-state index is 10.9. The summed E-state index contributed by atoms with van der Waals surface area (Å²) < 4.78 is 0.965. The Kier molecular flexibility index (Phi) is 4.39. The van der Waals surface area contributed by atoms with Crippen molar-refractivity contribution in [1.82, 2.24) is 0 Å². The minimum Gasteiger partial charge on any atom is -0.375 e. The predicted molar refractivity (Wildman–Crippen MR) is 79.6 cm³/mol. The van der Waals surface area contributed by atoms with Crippen LogP contribution in [0.1, 0.15) is 5.56 Å². The summed E-state index contributed by atoms with van der Waals surface area (Å²) in [6.07, 6.45) is 0. The second kappa shape index (κ2) is 6.04. The van der Waals surface area contributed by atoms with Crippen LogP contribution in [0.15, 0.2) is 46.9 Å². The SMILES string of the molecule is O=[N+]([O-])c1ccc(Cl)cc1NCc1cccc(Br)c1. The summed E-state index contributed by atoms with van der Waals surface area (Å²) in [5.41, 5.74) is 1.44. The molecule has 0 atom stereocenters. The molecule has 0 aliphatic carbocycles. The summed E-state index contributed by atoms with van der Waals surface area (Å²) >= 11 is 9.24. The minimum absolute atomic E-state index is 0.0133. The largest absolute Gasteiger partial charge is 0.375 e. The lowest BCUT2D eigenvalue weighted by atomic mass is 10.2. The van der Waals surface area contributed by atoms with Gasteiger partial charge in [0.25, 0.3) is 5.69 Å². The highest BCUT2D eigenvalue weighted by molar-refractivity contribution is 9.10. The molecule has 0 bridgehead atoms. The first-order valence-electron chi connectivity index (χ1n) is 5.48. The van der Waals surface area contributed by atoms with E-state index < -0.39 is 4.92 Å². The zero-order valence-electron chi connectivity index (χ0n) is 9.77. The molecule has 0 aliphatic heterocycles. The summed E-state index contributed by atoms with van der Waals surface area (Å²) in [5.74, 6) is 0. The van der Waals surface area contributed by atoms with E-state index in [2.05, 4.69) is 21.2 Å². The normalized spacial score (nSPS) is 10.2. The average molecular weight is 342 g/mol. The lowest BCUT2D eigenvalue weighted by molar-refractivity contribution is -0.384. The Hall–Kier alpha value is -1.59. The van der Waals surface area contributed by atoms with Crippen molar-refractivity contribution in [2.45, 2.75) is 6.54 Å². The second-order valence-electron chi connectivity index (χ2n) is 3.90. The minimum atomic E-state index is -0.431. The van der Waals surface area contributed by atoms with E-state index >= 15 is 0 Å². The van der Waals surface area contributed by atoms with Gasteiger partial charge in [-0.25, -0.2) is 0 Å². The number of nitrogens with one attached hydrogen (secondary N) is 1. The first-order valence-corrected chi connectivity index (χ1v) is 6.65. The van der Waals surface area contributed by atoms with Gasteiger partial charge < -0.3 is 5.32 Å². The third kappa shape index (κ3) is 3.68. The van der Waals surface area contributed by atoms with Crippen molar-refractivity contribution >= 4 is 38.9 Å². The third-order valence-electron chi connectivity index (χ3n) is 2.53. The number of hydrogen-bond acceptors (Lipinski definition) is 3. The van der Waals surface area contributed by atoms with Gasteiger partial charge in [0, 0.05) is 22.1 Å². The van der Waals surface area contributed by atoms with Crippen LogP contribution in [0, 0.1) is 10.1 Å². The van der Waals surface area contributed by atoms with Crippen molar-refractivity contribution in [3.8, 4) is 0 Å². The summed E-state index contributed by atoms with van der Waals surface area (Å²) in [4.78, 5) is 10.5. The monoisotopic (exact) mass is 340 g/mol. The van der Waals surface area contributed by atoms with E-state index in [4.69, 9.17) is 11.6 Å². The lowest BCUT2D eigenvalue weighted by Crippen LogP contribution is -2.02. The molecule has 0 unspecified atom stereocenters. The lowest BCUT2D eigenvalue weighted by Gasteiger charge is -2.08. The predicted octanol–water partition coefficient (Wildman–Crippen LogP) is 4.62. The van der Waals surface area contributed by atoms with E-state index in [1.807, 2.05) is 24.3 Å². The smallest absolute Gasteiger partial charge is 0.292 e. The van der Waals surface area contributed by atoms with Crippen molar-refractivity contribution in [3.05, 3.63) is 67.6 Å². The first-order chi connectivity index (χ1) is 9.06. The molecule has 4 nitrogen and oxygen atoms in total. The standard InChI is InChI=1S/C13H10BrClN2O2/c14-10-3-1-2-9(6-10)8-16-12-7-11(15)4-5-13(12)17(18)19/h1-7,16H,8H2. The molecule has 1 N–H and O–H groups in total. The van der Waals surface area contributed by atoms with Crippen molar-refractivity contribution in [1.29, 1.82) is 0 Å². The molecular weight excluding hydrogens is 332 g/mol. The molecule has 0 aromatic heterocycles. The number of nitrogens with zero attached hydrogens (tertiary/aromatic N) is 1. The molecule has 0 radical (unpaired) electrons. The number of benzene rings is 2. The van der Waals surface area contributed by atoms with Gasteiger partial charge >= 0.3 is 0 Å². The fraction of sp³-hybridized carbons (Fsp3) is 0.0769. The molecular formula is C13H10BrClN2O2. The van der Waals surface area contributed by atoms with E-state index in [0.717, 1.165) is 10.0 Å². The fourth-order valence-electron chi connectivity index (χ4n) is 1.65. The van der Waals surface area contributed by atoms with Crippen LogP contribution >= 0.6 is 27.5 Å². The number of rotatable bonds is 4. The Balaban J connectivity index is 2.19. The molecule has 2 aromatic carbocycles. The van der Waals surface area contributed by atoms with Crippen LogP contribution in [0.5, 0.6) is 0 Å². The van der Waals surface area contributed by atoms with Gasteiger partial charge in [-0.1, -0.05) is 39.7 Å². The zero-order chi connectivity index (χ0) is 13.8. The molecule has 2 aromatic rings. The van der Waals surface area contributed by atoms with Crippen LogP contribution < -0.4 is 5.32 Å². The highest BCUT2D eigenvalue weighted by Crippen LogP contribution is 2.28. The van der Waals surface area contributed by atoms with Gasteiger partial charge in [0.15, 0.2) is 0 Å². The number of hydrogen-bond donors (Lipinski definition) is 1. The average Bonchev–Trinajstić information content (AvgIpc) is 2.36. The quantitative estimate of drug-likeness (QED) is 0.652. The molecule has 0 fully saturated rings. The van der Waals surface area contributed by atoms with Crippen LogP contribution in [0.4, 0.5) is 11.4 Å². The third-order valence-corrected chi connectivity index (χ3v) is 3.26. The molecule has 0 aliphatic rings. The fourth-order valence-corrected chi connectivity index (χ4v) is 2.27. The van der Waals surface area contributed by atoms with Crippen LogP contribution in [0.2, 0.25) is 5.02 Å². The van der Waals surface area contributed by atoms with E-state index in [1.165, 1.54) is 12.1 Å². The molecule has 98 valence electrons. The van der Waals surface area contributed by atoms with Crippen molar-refractivity contribution in [3.63, 3.8) is 0 Å². The van der Waals surface area contributed by atoms with Crippen LogP contribution in [0.25, 0.3) is 0 Å². The molecule has 6 heteroatoms. The molecule has 0 saturated heterocycles. The summed E-state index contributed by atoms with van der Waals surface area (Å²) in [6.45, 7) is 0.487. The Bertz CT molecular complexity index is 619. The van der Waals surface area contributed by atoms with E-state index in [0.29, 0.717) is 17.3 Å². The van der Waals surface area contributed by atoms with E-state index in [9.17, 15) is 10.1 Å². The zero-order valence-corrected chi connectivity index (χ0v) is 12.1. The number of nitro benzene ring substituents is 1. The van der Waals surface area contributed by atoms with Gasteiger partial charge in [-0.15, -0.1) is 0 Å². The van der Waals surface area contributed by atoms with Gasteiger partial charge in [-0.2, -0.15) is 0 Å². The molecule has 0 heterocycles. The highest BCUT2D eigenvalue weighted by atomic mass is 79.9. The van der Waals surface area contributed by atoms with Crippen molar-refractivity contribution in [2.75, 3.05) is 5.32 Å². The molecule has 0 amide bonds. The van der Waals surface area contributed by atoms with E-state index in [1.54, 1.807) is 6.07 Å². The van der Waals surface area contributed by atoms with Gasteiger partial charge in [0.2, 0.25) is 0 Å².